The van der Waals surface area contributed by atoms with E-state index in [0.717, 1.165) is 39.0 Å². The van der Waals surface area contributed by atoms with Crippen LogP contribution in [0.1, 0.15) is 51.7 Å². The summed E-state index contributed by atoms with van der Waals surface area (Å²) in [6, 6.07) is 8.96. The minimum Gasteiger partial charge on any atom is -0.459 e. The summed E-state index contributed by atoms with van der Waals surface area (Å²) in [5.41, 5.74) is 2.27. The first kappa shape index (κ1) is 22.2. The predicted molar refractivity (Wildman–Crippen MR) is 114 cm³/mol. The zero-order chi connectivity index (χ0) is 20.6. The molecule has 0 unspecified atom stereocenters. The highest BCUT2D eigenvalue weighted by Crippen LogP contribution is 2.16. The Balaban J connectivity index is 1.82. The molecule has 1 heterocycles. The van der Waals surface area contributed by atoms with E-state index in [1.54, 1.807) is 0 Å². The van der Waals surface area contributed by atoms with E-state index in [1.165, 1.54) is 11.1 Å². The molecule has 6 nitrogen and oxygen atoms in total. The summed E-state index contributed by atoms with van der Waals surface area (Å²) in [6.45, 7) is 13.7. The first-order chi connectivity index (χ1) is 13.3. The highest BCUT2D eigenvalue weighted by molar-refractivity contribution is 5.83. The molecule has 6 heteroatoms. The van der Waals surface area contributed by atoms with Crippen LogP contribution in [-0.2, 0) is 16.1 Å². The van der Waals surface area contributed by atoms with Crippen molar-refractivity contribution in [2.45, 2.75) is 65.6 Å². The van der Waals surface area contributed by atoms with E-state index in [9.17, 15) is 4.79 Å². The van der Waals surface area contributed by atoms with Crippen molar-refractivity contribution in [3.63, 3.8) is 0 Å². The smallest absolute Gasteiger partial charge is 0.328 e. The fourth-order valence-corrected chi connectivity index (χ4v) is 3.29. The number of guanidine groups is 1. The summed E-state index contributed by atoms with van der Waals surface area (Å²) >= 11 is 0. The zero-order valence-corrected chi connectivity index (χ0v) is 18.0. The lowest BCUT2D eigenvalue weighted by Crippen LogP contribution is -2.48. The van der Waals surface area contributed by atoms with E-state index in [-0.39, 0.29) is 12.5 Å². The number of nitrogens with one attached hydrogen (secondary N) is 2. The number of hydrogen-bond donors (Lipinski definition) is 2. The van der Waals surface area contributed by atoms with Crippen molar-refractivity contribution < 1.29 is 9.53 Å². The molecule has 0 aromatic heterocycles. The maximum atomic E-state index is 11.9. The van der Waals surface area contributed by atoms with Crippen molar-refractivity contribution >= 4 is 11.9 Å². The van der Waals surface area contributed by atoms with Gasteiger partial charge in [-0.3, -0.25) is 9.69 Å². The summed E-state index contributed by atoms with van der Waals surface area (Å²) in [5, 5.41) is 6.70. The lowest BCUT2D eigenvalue weighted by Gasteiger charge is -2.33. The molecule has 0 spiro atoms. The maximum absolute atomic E-state index is 11.9. The highest BCUT2D eigenvalue weighted by Gasteiger charge is 2.21. The second kappa shape index (κ2) is 10.5. The van der Waals surface area contributed by atoms with Gasteiger partial charge in [0, 0.05) is 32.2 Å². The number of carbonyl (C=O) groups is 1. The van der Waals surface area contributed by atoms with Crippen molar-refractivity contribution in [3.8, 4) is 0 Å². The molecule has 28 heavy (non-hydrogen) atoms. The summed E-state index contributed by atoms with van der Waals surface area (Å²) in [4.78, 5) is 18.8. The largest absolute Gasteiger partial charge is 0.459 e. The molecule has 0 aliphatic carbocycles. The molecule has 156 valence electrons. The molecular formula is C22H36N4O2. The Morgan fingerprint density at radius 2 is 1.93 bits per heavy atom. The van der Waals surface area contributed by atoms with Gasteiger partial charge in [0.25, 0.3) is 0 Å². The van der Waals surface area contributed by atoms with Crippen LogP contribution in [0.15, 0.2) is 29.3 Å². The number of hydrogen-bond acceptors (Lipinski definition) is 4. The van der Waals surface area contributed by atoms with Crippen molar-refractivity contribution in [2.75, 3.05) is 26.2 Å². The van der Waals surface area contributed by atoms with Gasteiger partial charge in [0.15, 0.2) is 5.96 Å². The molecule has 1 aliphatic rings. The first-order valence-electron chi connectivity index (χ1n) is 10.3. The van der Waals surface area contributed by atoms with Gasteiger partial charge < -0.3 is 15.4 Å². The third kappa shape index (κ3) is 7.89. The minimum absolute atomic E-state index is 0.0265. The Kier molecular flexibility index (Phi) is 8.30. The molecular weight excluding hydrogens is 352 g/mol. The number of carbonyl (C=O) groups excluding carboxylic acids is 1. The number of likely N-dealkylation sites (tertiary alicyclic amines) is 1. The lowest BCUT2D eigenvalue weighted by molar-refractivity contribution is -0.152. The molecule has 1 aromatic rings. The number of rotatable bonds is 6. The van der Waals surface area contributed by atoms with E-state index in [0.29, 0.717) is 12.0 Å². The van der Waals surface area contributed by atoms with Gasteiger partial charge in [-0.1, -0.05) is 24.3 Å². The average molecular weight is 389 g/mol. The second-order valence-electron chi connectivity index (χ2n) is 8.40. The molecule has 1 aromatic carbocycles. The van der Waals surface area contributed by atoms with Gasteiger partial charge in [0.1, 0.15) is 12.1 Å². The maximum Gasteiger partial charge on any atom is 0.328 e. The van der Waals surface area contributed by atoms with Crippen LogP contribution in [0.2, 0.25) is 0 Å². The van der Waals surface area contributed by atoms with Crippen LogP contribution in [0.3, 0.4) is 0 Å². The van der Waals surface area contributed by atoms with Crippen LogP contribution < -0.4 is 10.6 Å². The minimum atomic E-state index is -0.484. The van der Waals surface area contributed by atoms with Crippen LogP contribution in [0, 0.1) is 6.92 Å². The predicted octanol–water partition coefficient (Wildman–Crippen LogP) is 2.86. The quantitative estimate of drug-likeness (QED) is 0.446. The number of aryl methyl sites for hydroxylation is 1. The SMILES string of the molecule is CCNC(=NCC(=O)OC(C)(C)C)NC1CCN(Cc2ccccc2C)CC1. The molecule has 1 fully saturated rings. The van der Waals surface area contributed by atoms with Gasteiger partial charge in [-0.2, -0.15) is 0 Å². The van der Waals surface area contributed by atoms with Crippen LogP contribution in [0.25, 0.3) is 0 Å². The summed E-state index contributed by atoms with van der Waals surface area (Å²) in [5.74, 6) is 0.378. The highest BCUT2D eigenvalue weighted by atomic mass is 16.6. The number of nitrogens with zero attached hydrogens (tertiary/aromatic N) is 2. The van der Waals surface area contributed by atoms with Crippen LogP contribution in [-0.4, -0.2) is 54.7 Å². The number of aliphatic imine (C=N–C) groups is 1. The average Bonchev–Trinajstić information content (AvgIpc) is 2.62. The normalized spacial score (nSPS) is 16.7. The van der Waals surface area contributed by atoms with E-state index in [2.05, 4.69) is 51.7 Å². The zero-order valence-electron chi connectivity index (χ0n) is 18.0. The summed E-state index contributed by atoms with van der Waals surface area (Å²) < 4.78 is 5.33. The molecule has 0 atom stereocenters. The number of benzene rings is 1. The monoisotopic (exact) mass is 388 g/mol. The fourth-order valence-electron chi connectivity index (χ4n) is 3.29. The third-order valence-electron chi connectivity index (χ3n) is 4.71. The van der Waals surface area contributed by atoms with Crippen molar-refractivity contribution in [1.29, 1.82) is 0 Å². The van der Waals surface area contributed by atoms with E-state index in [4.69, 9.17) is 4.74 Å². The second-order valence-corrected chi connectivity index (χ2v) is 8.40. The van der Waals surface area contributed by atoms with E-state index >= 15 is 0 Å². The molecule has 1 aliphatic heterocycles. The number of ether oxygens (including phenoxy) is 1. The Hall–Kier alpha value is -2.08. The van der Waals surface area contributed by atoms with Gasteiger partial charge in [-0.25, -0.2) is 4.99 Å². The van der Waals surface area contributed by atoms with Gasteiger partial charge in [0.2, 0.25) is 0 Å². The van der Waals surface area contributed by atoms with Crippen molar-refractivity contribution in [2.24, 2.45) is 4.99 Å². The van der Waals surface area contributed by atoms with Gasteiger partial charge >= 0.3 is 5.97 Å². The molecule has 0 radical (unpaired) electrons. The van der Waals surface area contributed by atoms with E-state index in [1.807, 2.05) is 27.7 Å². The standard InChI is InChI=1S/C22H36N4O2/c1-6-23-21(24-15-20(27)28-22(3,4)5)25-19-11-13-26(14-12-19)16-18-10-8-7-9-17(18)2/h7-10,19H,6,11-16H2,1-5H3,(H2,23,24,25). The first-order valence-corrected chi connectivity index (χ1v) is 10.3. The van der Waals surface area contributed by atoms with Gasteiger partial charge in [-0.15, -0.1) is 0 Å². The molecule has 0 saturated carbocycles. The Labute approximate surface area is 169 Å². The molecule has 2 N–H and O–H groups in total. The number of piperidine rings is 1. The lowest BCUT2D eigenvalue weighted by atomic mass is 10.0. The Morgan fingerprint density at radius 3 is 2.54 bits per heavy atom. The Morgan fingerprint density at radius 1 is 1.25 bits per heavy atom. The Bertz CT molecular complexity index is 659. The summed E-state index contributed by atoms with van der Waals surface area (Å²) in [7, 11) is 0. The summed E-state index contributed by atoms with van der Waals surface area (Å²) in [6.07, 6.45) is 2.12. The molecule has 2 rings (SSSR count). The molecule has 0 bridgehead atoms. The van der Waals surface area contributed by atoms with E-state index < -0.39 is 5.60 Å². The molecule has 1 saturated heterocycles. The van der Waals surface area contributed by atoms with Crippen LogP contribution >= 0.6 is 0 Å². The topological polar surface area (TPSA) is 66.0 Å². The van der Waals surface area contributed by atoms with Crippen molar-refractivity contribution in [1.82, 2.24) is 15.5 Å². The fraction of sp³-hybridized carbons (Fsp3) is 0.636. The van der Waals surface area contributed by atoms with Crippen LogP contribution in [0.4, 0.5) is 0 Å². The molecule has 0 amide bonds. The van der Waals surface area contributed by atoms with Gasteiger partial charge in [-0.05, 0) is 58.6 Å². The number of esters is 1. The van der Waals surface area contributed by atoms with Crippen molar-refractivity contribution in [3.05, 3.63) is 35.4 Å². The van der Waals surface area contributed by atoms with Gasteiger partial charge in [0.05, 0.1) is 0 Å². The third-order valence-corrected chi connectivity index (χ3v) is 4.71. The van der Waals surface area contributed by atoms with Crippen LogP contribution in [0.5, 0.6) is 0 Å².